The summed E-state index contributed by atoms with van der Waals surface area (Å²) < 4.78 is 2.43. The van der Waals surface area contributed by atoms with Gasteiger partial charge in [0.25, 0.3) is 0 Å². The van der Waals surface area contributed by atoms with Gasteiger partial charge in [-0.15, -0.1) is 0 Å². The number of halogens is 1. The number of nitrogens with zero attached hydrogens (tertiary/aromatic N) is 1. The van der Waals surface area contributed by atoms with Crippen molar-refractivity contribution in [3.63, 3.8) is 0 Å². The molecule has 0 saturated carbocycles. The van der Waals surface area contributed by atoms with Crippen molar-refractivity contribution in [1.82, 2.24) is 0 Å². The van der Waals surface area contributed by atoms with Crippen LogP contribution in [0.1, 0.15) is 19.8 Å². The number of hydrogen-bond donors (Lipinski definition) is 0. The van der Waals surface area contributed by atoms with Gasteiger partial charge < -0.3 is 4.48 Å². The monoisotopic (exact) mass is 244 g/mol. The maximum absolute atomic E-state index is 3.99. The first-order chi connectivity index (χ1) is 5.93. The topological polar surface area (TPSA) is 0 Å². The Balaban J connectivity index is 2.81. The molecule has 1 aliphatic rings. The minimum Gasteiger partial charge on any atom is -0.321 e. The van der Waals surface area contributed by atoms with E-state index in [0.29, 0.717) is 6.04 Å². The molecule has 74 valence electrons. The summed E-state index contributed by atoms with van der Waals surface area (Å²) in [5.74, 6) is 0. The van der Waals surface area contributed by atoms with Crippen LogP contribution < -0.4 is 0 Å². The first-order valence-corrected chi connectivity index (χ1v) is 5.55. The fourth-order valence-corrected chi connectivity index (χ4v) is 2.78. The second-order valence-corrected chi connectivity index (χ2v) is 5.47. The van der Waals surface area contributed by atoms with Gasteiger partial charge >= 0.3 is 0 Å². The summed E-state index contributed by atoms with van der Waals surface area (Å²) in [6, 6.07) is 0.575. The highest BCUT2D eigenvalue weighted by molar-refractivity contribution is 9.11. The minimum absolute atomic E-state index is 0.575. The summed E-state index contributed by atoms with van der Waals surface area (Å²) in [6.45, 7) is 7.33. The Hall–Kier alpha value is -0.0800. The highest BCUT2D eigenvalue weighted by atomic mass is 79.9. The summed E-state index contributed by atoms with van der Waals surface area (Å²) in [4.78, 5) is 0. The molecule has 1 aliphatic heterocycles. The minimum atomic E-state index is 0.575. The van der Waals surface area contributed by atoms with Crippen LogP contribution in [0.25, 0.3) is 0 Å². The number of hydrogen-bond acceptors (Lipinski definition) is 0. The molecule has 1 rings (SSSR count). The van der Waals surface area contributed by atoms with Crippen molar-refractivity contribution in [2.24, 2.45) is 0 Å². The van der Waals surface area contributed by atoms with Crippen molar-refractivity contribution in [3.05, 3.63) is 22.7 Å². The molecule has 0 aromatic heterocycles. The molecule has 0 aromatic carbocycles. The lowest BCUT2D eigenvalue weighted by atomic mass is 10.0. The Bertz CT molecular complexity index is 240. The molecule has 0 unspecified atom stereocenters. The predicted molar refractivity (Wildman–Crippen MR) is 61.8 cm³/mol. The van der Waals surface area contributed by atoms with Crippen molar-refractivity contribution in [2.75, 3.05) is 20.6 Å². The van der Waals surface area contributed by atoms with Gasteiger partial charge in [0.15, 0.2) is 0 Å². The number of rotatable bonds is 2. The van der Waals surface area contributed by atoms with Crippen molar-refractivity contribution < 1.29 is 4.48 Å². The van der Waals surface area contributed by atoms with Crippen LogP contribution in [0.3, 0.4) is 0 Å². The molecule has 0 saturated heterocycles. The van der Waals surface area contributed by atoms with E-state index in [-0.39, 0.29) is 0 Å². The molecule has 0 aliphatic carbocycles. The van der Waals surface area contributed by atoms with Gasteiger partial charge in [0, 0.05) is 17.3 Å². The molecular formula is C11H19BrN+. The SMILES string of the molecule is C=C(C)C[C@@H]1C(Br)=CCC[N+]1(C)C. The van der Waals surface area contributed by atoms with Crippen molar-refractivity contribution in [2.45, 2.75) is 25.8 Å². The third kappa shape index (κ3) is 2.68. The second-order valence-electron chi connectivity index (χ2n) is 4.56. The molecule has 1 heterocycles. The molecule has 0 spiro atoms. The Morgan fingerprint density at radius 2 is 2.31 bits per heavy atom. The van der Waals surface area contributed by atoms with Gasteiger partial charge in [-0.3, -0.25) is 0 Å². The Morgan fingerprint density at radius 3 is 2.77 bits per heavy atom. The van der Waals surface area contributed by atoms with Gasteiger partial charge in [0.05, 0.1) is 20.6 Å². The van der Waals surface area contributed by atoms with Gasteiger partial charge in [0.1, 0.15) is 6.04 Å². The lowest BCUT2D eigenvalue weighted by molar-refractivity contribution is -0.910. The smallest absolute Gasteiger partial charge is 0.124 e. The average Bonchev–Trinajstić information content (AvgIpc) is 1.96. The summed E-state index contributed by atoms with van der Waals surface area (Å²) in [7, 11) is 4.59. The molecule has 1 atom stereocenters. The highest BCUT2D eigenvalue weighted by Gasteiger charge is 2.32. The third-order valence-electron chi connectivity index (χ3n) is 2.75. The Labute approximate surface area is 89.8 Å². The lowest BCUT2D eigenvalue weighted by Crippen LogP contribution is -2.51. The van der Waals surface area contributed by atoms with Crippen LogP contribution in [0, 0.1) is 0 Å². The van der Waals surface area contributed by atoms with Crippen LogP contribution in [-0.2, 0) is 0 Å². The summed E-state index contributed by atoms with van der Waals surface area (Å²) in [6.07, 6.45) is 4.57. The van der Waals surface area contributed by atoms with Crippen molar-refractivity contribution in [3.8, 4) is 0 Å². The Morgan fingerprint density at radius 1 is 1.69 bits per heavy atom. The molecule has 1 nitrogen and oxygen atoms in total. The zero-order valence-electron chi connectivity index (χ0n) is 8.81. The van der Waals surface area contributed by atoms with Crippen LogP contribution >= 0.6 is 15.9 Å². The third-order valence-corrected chi connectivity index (χ3v) is 3.60. The van der Waals surface area contributed by atoms with E-state index in [0.717, 1.165) is 10.9 Å². The molecule has 0 aromatic rings. The van der Waals surface area contributed by atoms with Crippen LogP contribution in [0.5, 0.6) is 0 Å². The first kappa shape index (κ1) is 11.0. The van der Waals surface area contributed by atoms with Crippen LogP contribution in [0.4, 0.5) is 0 Å². The second kappa shape index (κ2) is 3.97. The van der Waals surface area contributed by atoms with Gasteiger partial charge in [-0.2, -0.15) is 0 Å². The molecule has 2 heteroatoms. The van der Waals surface area contributed by atoms with E-state index in [4.69, 9.17) is 0 Å². The molecule has 0 fully saturated rings. The summed E-state index contributed by atoms with van der Waals surface area (Å²) >= 11 is 3.66. The van der Waals surface area contributed by atoms with Crippen LogP contribution in [-0.4, -0.2) is 31.2 Å². The van der Waals surface area contributed by atoms with Gasteiger partial charge in [-0.25, -0.2) is 0 Å². The summed E-state index contributed by atoms with van der Waals surface area (Å²) in [5, 5.41) is 0. The summed E-state index contributed by atoms with van der Waals surface area (Å²) in [5.41, 5.74) is 1.27. The zero-order chi connectivity index (χ0) is 10.1. The van der Waals surface area contributed by atoms with E-state index in [1.807, 2.05) is 0 Å². The first-order valence-electron chi connectivity index (χ1n) is 4.76. The van der Waals surface area contributed by atoms with Crippen LogP contribution in [0.15, 0.2) is 22.7 Å². The quantitative estimate of drug-likeness (QED) is 0.518. The normalized spacial score (nSPS) is 26.8. The molecule has 13 heavy (non-hydrogen) atoms. The molecule has 0 amide bonds. The Kier molecular flexibility index (Phi) is 3.36. The lowest BCUT2D eigenvalue weighted by Gasteiger charge is -2.40. The average molecular weight is 245 g/mol. The number of quaternary nitrogens is 1. The predicted octanol–water partition coefficient (Wildman–Crippen LogP) is 3.08. The van der Waals surface area contributed by atoms with E-state index in [2.05, 4.69) is 49.6 Å². The van der Waals surface area contributed by atoms with Crippen molar-refractivity contribution in [1.29, 1.82) is 0 Å². The van der Waals surface area contributed by atoms with E-state index < -0.39 is 0 Å². The fourth-order valence-electron chi connectivity index (χ4n) is 1.84. The largest absolute Gasteiger partial charge is 0.321 e. The molecule has 0 radical (unpaired) electrons. The van der Waals surface area contributed by atoms with Gasteiger partial charge in [-0.1, -0.05) is 18.2 Å². The number of likely N-dealkylation sites (N-methyl/N-ethyl adjacent to an activating group) is 1. The molecule has 0 bridgehead atoms. The maximum Gasteiger partial charge on any atom is 0.124 e. The molecule has 0 N–H and O–H groups in total. The maximum atomic E-state index is 3.99. The van der Waals surface area contributed by atoms with Gasteiger partial charge in [0.2, 0.25) is 0 Å². The van der Waals surface area contributed by atoms with Crippen molar-refractivity contribution >= 4 is 15.9 Å². The standard InChI is InChI=1S/C11H19BrN/c1-9(2)8-11-10(12)6-5-7-13(11,3)4/h6,11H,1,5,7-8H2,2-4H3/q+1/t11-/m1/s1. The molecular weight excluding hydrogens is 226 g/mol. The van der Waals surface area contributed by atoms with E-state index in [1.54, 1.807) is 0 Å². The van der Waals surface area contributed by atoms with Crippen LogP contribution in [0.2, 0.25) is 0 Å². The van der Waals surface area contributed by atoms with Gasteiger partial charge in [-0.05, 0) is 22.9 Å². The zero-order valence-corrected chi connectivity index (χ0v) is 10.4. The highest BCUT2D eigenvalue weighted by Crippen LogP contribution is 2.30. The fraction of sp³-hybridized carbons (Fsp3) is 0.636. The van der Waals surface area contributed by atoms with E-state index in [9.17, 15) is 0 Å². The van der Waals surface area contributed by atoms with E-state index in [1.165, 1.54) is 23.0 Å². The van der Waals surface area contributed by atoms with E-state index >= 15 is 0 Å².